The zero-order valence-corrected chi connectivity index (χ0v) is 27.2. The number of sulfone groups is 1. The Hall–Kier alpha value is -2.98. The van der Waals surface area contributed by atoms with Crippen LogP contribution >= 0.6 is 23.2 Å². The van der Waals surface area contributed by atoms with Crippen LogP contribution in [0.3, 0.4) is 0 Å². The molecule has 5 rings (SSSR count). The lowest BCUT2D eigenvalue weighted by atomic mass is 9.75. The Morgan fingerprint density at radius 3 is 2.50 bits per heavy atom. The van der Waals surface area contributed by atoms with Crippen LogP contribution < -0.4 is 10.2 Å². The first-order chi connectivity index (χ1) is 20.7. The van der Waals surface area contributed by atoms with Gasteiger partial charge >= 0.3 is 0 Å². The molecule has 3 aliphatic rings. The number of hydrogen-bond acceptors (Lipinski definition) is 5. The van der Waals surface area contributed by atoms with Gasteiger partial charge in [0.2, 0.25) is 11.8 Å². The number of nitrogens with zero attached hydrogens (tertiary/aromatic N) is 2. The first-order valence-corrected chi connectivity index (χ1v) is 17.2. The number of rotatable bonds is 9. The summed E-state index contributed by atoms with van der Waals surface area (Å²) in [5.74, 6) is -2.58. The van der Waals surface area contributed by atoms with E-state index in [0.29, 0.717) is 47.7 Å². The van der Waals surface area contributed by atoms with Gasteiger partial charge in [-0.2, -0.15) is 0 Å². The van der Waals surface area contributed by atoms with E-state index < -0.39 is 45.0 Å². The number of piperidine rings is 1. The number of nitrogens with one attached hydrogen (secondary N) is 1. The molecule has 11 heteroatoms. The van der Waals surface area contributed by atoms with E-state index in [4.69, 9.17) is 23.2 Å². The van der Waals surface area contributed by atoms with Crippen molar-refractivity contribution in [3.05, 3.63) is 89.2 Å². The standard InChI is InChI=1S/C33H36Cl2FN3O4S/c1-20-17-22(20)19-39-28-15-16-38(25-11-13-26(14-12-25)44(4,42)43)31(40)29(28)30(27(36)10-5-7-21(2)34)33(39,3)32(41)37-24-9-6-8-23(35)18-24/h5-14,18,20,22,28-30H,2,15-17,19H2,1,3-4H3,(H,37,41)/b7-5-,27-10-/t20?,22?,28-,29+,30-,33+/m0/s1. The van der Waals surface area contributed by atoms with E-state index in [0.717, 1.165) is 12.7 Å². The summed E-state index contributed by atoms with van der Waals surface area (Å²) in [4.78, 5) is 32.5. The predicted molar refractivity (Wildman–Crippen MR) is 173 cm³/mol. The highest BCUT2D eigenvalue weighted by atomic mass is 35.5. The van der Waals surface area contributed by atoms with Gasteiger partial charge < -0.3 is 10.2 Å². The van der Waals surface area contributed by atoms with Crippen LogP contribution in [0.1, 0.15) is 26.7 Å². The molecule has 2 amide bonds. The Morgan fingerprint density at radius 1 is 1.23 bits per heavy atom. The number of allylic oxidation sites excluding steroid dienone is 4. The summed E-state index contributed by atoms with van der Waals surface area (Å²) in [6.07, 6.45) is 6.74. The number of carbonyl (C=O) groups is 2. The maximum atomic E-state index is 16.5. The zero-order valence-electron chi connectivity index (χ0n) is 24.8. The summed E-state index contributed by atoms with van der Waals surface area (Å²) in [7, 11) is -3.43. The van der Waals surface area contributed by atoms with Crippen LogP contribution in [0.2, 0.25) is 5.02 Å². The second-order valence-corrected chi connectivity index (χ2v) is 15.1. The van der Waals surface area contributed by atoms with Crippen LogP contribution in [-0.2, 0) is 19.4 Å². The molecule has 1 saturated carbocycles. The number of halogens is 3. The van der Waals surface area contributed by atoms with E-state index in [1.807, 2.05) is 0 Å². The third kappa shape index (κ3) is 6.38. The van der Waals surface area contributed by atoms with Crippen molar-refractivity contribution in [2.45, 2.75) is 43.2 Å². The van der Waals surface area contributed by atoms with Crippen LogP contribution in [0, 0.1) is 23.7 Å². The molecule has 2 aromatic rings. The summed E-state index contributed by atoms with van der Waals surface area (Å²) in [5.41, 5.74) is -0.446. The van der Waals surface area contributed by atoms with E-state index >= 15 is 4.39 Å². The van der Waals surface area contributed by atoms with Crippen LogP contribution in [0.5, 0.6) is 0 Å². The van der Waals surface area contributed by atoms with Gasteiger partial charge in [0, 0.05) is 46.8 Å². The third-order valence-electron chi connectivity index (χ3n) is 9.23. The Kier molecular flexibility index (Phi) is 9.16. The van der Waals surface area contributed by atoms with Crippen molar-refractivity contribution >= 4 is 56.2 Å². The minimum Gasteiger partial charge on any atom is -0.324 e. The molecular formula is C33H36Cl2FN3O4S. The highest BCUT2D eigenvalue weighted by Gasteiger charge is 2.65. The van der Waals surface area contributed by atoms with Gasteiger partial charge in [-0.3, -0.25) is 14.5 Å². The van der Waals surface area contributed by atoms with Crippen LogP contribution in [0.15, 0.2) is 89.1 Å². The van der Waals surface area contributed by atoms with Gasteiger partial charge in [-0.25, -0.2) is 12.8 Å². The Morgan fingerprint density at radius 2 is 1.91 bits per heavy atom. The highest BCUT2D eigenvalue weighted by molar-refractivity contribution is 7.90. The molecule has 1 N–H and O–H groups in total. The Bertz CT molecular complexity index is 1640. The van der Waals surface area contributed by atoms with Crippen molar-refractivity contribution in [1.82, 2.24) is 4.90 Å². The number of anilines is 2. The smallest absolute Gasteiger partial charge is 0.245 e. The van der Waals surface area contributed by atoms with Gasteiger partial charge in [-0.05, 0) is 86.2 Å². The monoisotopic (exact) mass is 659 g/mol. The third-order valence-corrected chi connectivity index (χ3v) is 10.7. The fourth-order valence-electron chi connectivity index (χ4n) is 6.73. The number of likely N-dealkylation sites (tertiary alicyclic amines) is 1. The molecule has 234 valence electrons. The van der Waals surface area contributed by atoms with Gasteiger partial charge in [0.05, 0.1) is 16.7 Å². The van der Waals surface area contributed by atoms with Crippen LogP contribution in [-0.4, -0.2) is 56.1 Å². The van der Waals surface area contributed by atoms with Gasteiger partial charge in [0.15, 0.2) is 9.84 Å². The first kappa shape index (κ1) is 32.4. The van der Waals surface area contributed by atoms with Crippen molar-refractivity contribution < 1.29 is 22.4 Å². The van der Waals surface area contributed by atoms with Crippen molar-refractivity contribution in [3.63, 3.8) is 0 Å². The lowest BCUT2D eigenvalue weighted by Gasteiger charge is -2.40. The van der Waals surface area contributed by atoms with Crippen molar-refractivity contribution in [2.75, 3.05) is 29.6 Å². The minimum absolute atomic E-state index is 0.138. The molecule has 1 aliphatic carbocycles. The number of hydrogen-bond donors (Lipinski definition) is 1. The summed E-state index contributed by atoms with van der Waals surface area (Å²) >= 11 is 12.1. The van der Waals surface area contributed by atoms with Gasteiger partial charge in [0.25, 0.3) is 0 Å². The van der Waals surface area contributed by atoms with Gasteiger partial charge in [-0.15, -0.1) is 0 Å². The summed E-state index contributed by atoms with van der Waals surface area (Å²) in [6.45, 7) is 8.37. The van der Waals surface area contributed by atoms with Crippen molar-refractivity contribution in [2.24, 2.45) is 23.7 Å². The molecule has 0 bridgehead atoms. The minimum atomic E-state index is -3.43. The summed E-state index contributed by atoms with van der Waals surface area (Å²) in [5, 5.41) is 3.61. The lowest BCUT2D eigenvalue weighted by Crippen LogP contribution is -2.57. The van der Waals surface area contributed by atoms with E-state index in [-0.39, 0.29) is 15.8 Å². The second kappa shape index (κ2) is 12.4. The molecule has 0 aromatic heterocycles. The van der Waals surface area contributed by atoms with E-state index in [2.05, 4.69) is 23.7 Å². The number of amides is 2. The van der Waals surface area contributed by atoms with E-state index in [1.54, 1.807) is 48.2 Å². The maximum absolute atomic E-state index is 16.5. The van der Waals surface area contributed by atoms with Gasteiger partial charge in [-0.1, -0.05) is 48.8 Å². The molecule has 3 fully saturated rings. The van der Waals surface area contributed by atoms with Crippen molar-refractivity contribution in [3.8, 4) is 0 Å². The molecule has 2 aliphatic heterocycles. The maximum Gasteiger partial charge on any atom is 0.245 e. The molecule has 2 unspecified atom stereocenters. The molecule has 0 spiro atoms. The quantitative estimate of drug-likeness (QED) is 0.306. The topological polar surface area (TPSA) is 86.8 Å². The zero-order chi connectivity index (χ0) is 32.0. The summed E-state index contributed by atoms with van der Waals surface area (Å²) < 4.78 is 40.6. The van der Waals surface area contributed by atoms with Crippen LogP contribution in [0.4, 0.5) is 15.8 Å². The van der Waals surface area contributed by atoms with Crippen molar-refractivity contribution in [1.29, 1.82) is 0 Å². The van der Waals surface area contributed by atoms with E-state index in [9.17, 15) is 18.0 Å². The fraction of sp³-hybridized carbons (Fsp3) is 0.394. The predicted octanol–water partition coefficient (Wildman–Crippen LogP) is 6.61. The largest absolute Gasteiger partial charge is 0.324 e. The Labute approximate surface area is 268 Å². The SMILES string of the molecule is C=C(Cl)/C=C\C=C(/F)[C@H]1[C@@H]2C(=O)N(c3ccc(S(C)(=O)=O)cc3)CC[C@@H]2N(CC2CC2C)[C@@]1(C)C(=O)Nc1cccc(Cl)c1. The second-order valence-electron chi connectivity index (χ2n) is 12.2. The average Bonchev–Trinajstić information content (AvgIpc) is 3.58. The molecular weight excluding hydrogens is 624 g/mol. The first-order valence-electron chi connectivity index (χ1n) is 14.5. The Balaban J connectivity index is 1.59. The normalized spacial score (nSPS) is 29.1. The summed E-state index contributed by atoms with van der Waals surface area (Å²) in [6, 6.07) is 12.5. The van der Waals surface area contributed by atoms with Gasteiger partial charge in [0.1, 0.15) is 11.4 Å². The van der Waals surface area contributed by atoms with Crippen LogP contribution in [0.25, 0.3) is 0 Å². The molecule has 0 radical (unpaired) electrons. The molecule has 2 aromatic carbocycles. The molecule has 2 saturated heterocycles. The molecule has 44 heavy (non-hydrogen) atoms. The van der Waals surface area contributed by atoms with E-state index in [1.165, 1.54) is 30.4 Å². The highest BCUT2D eigenvalue weighted by Crippen LogP contribution is 2.53. The molecule has 7 nitrogen and oxygen atoms in total. The number of benzene rings is 2. The number of carbonyl (C=O) groups excluding carboxylic acids is 2. The number of fused-ring (bicyclic) bond motifs is 1. The average molecular weight is 661 g/mol. The fourth-order valence-corrected chi connectivity index (χ4v) is 7.62. The lowest BCUT2D eigenvalue weighted by molar-refractivity contribution is -0.128. The molecule has 2 heterocycles. The molecule has 6 atom stereocenters.